The Morgan fingerprint density at radius 3 is 2.25 bits per heavy atom. The molecule has 32 heavy (non-hydrogen) atoms. The lowest BCUT2D eigenvalue weighted by molar-refractivity contribution is 0.0588. The molecule has 10 heteroatoms. The summed E-state index contributed by atoms with van der Waals surface area (Å²) in [5.74, 6) is -0.521. The number of aromatic nitrogens is 1. The summed E-state index contributed by atoms with van der Waals surface area (Å²) in [4.78, 5) is 12.6. The van der Waals surface area contributed by atoms with Crippen molar-refractivity contribution < 1.29 is 17.9 Å². The molecule has 170 valence electrons. The second-order valence-corrected chi connectivity index (χ2v) is 10.2. The van der Waals surface area contributed by atoms with Crippen LogP contribution < -0.4 is 4.72 Å². The van der Waals surface area contributed by atoms with Crippen molar-refractivity contribution in [1.29, 1.82) is 0 Å². The van der Waals surface area contributed by atoms with E-state index in [1.807, 2.05) is 12.1 Å². The van der Waals surface area contributed by atoms with Crippen molar-refractivity contribution in [3.63, 3.8) is 0 Å². The lowest BCUT2D eigenvalue weighted by atomic mass is 10.0. The molecule has 0 unspecified atom stereocenters. The van der Waals surface area contributed by atoms with Gasteiger partial charge in [0.25, 0.3) is 0 Å². The standard InChI is InChI=1S/C22H21Cl3N2O4S/c1-31-22(28)20-13-18(17-9-8-16(24)12-19(17)25)21(14-4-6-15(23)7-5-14)27(20)11-3-10-26-32(2,29)30/h4-9,12-13,26H,3,10-11H2,1-2H3. The van der Waals surface area contributed by atoms with E-state index < -0.39 is 16.0 Å². The molecule has 1 N–H and O–H groups in total. The number of nitrogens with one attached hydrogen (secondary N) is 1. The molecular weight excluding hydrogens is 495 g/mol. The van der Waals surface area contributed by atoms with Gasteiger partial charge in [-0.25, -0.2) is 17.9 Å². The molecule has 0 bridgehead atoms. The average Bonchev–Trinajstić information content (AvgIpc) is 3.09. The van der Waals surface area contributed by atoms with Gasteiger partial charge in [0.15, 0.2) is 0 Å². The number of rotatable bonds is 8. The Balaban J connectivity index is 2.18. The first-order chi connectivity index (χ1) is 15.1. The van der Waals surface area contributed by atoms with Gasteiger partial charge in [-0.15, -0.1) is 0 Å². The maximum atomic E-state index is 12.6. The minimum atomic E-state index is -3.32. The molecule has 0 aliphatic rings. The van der Waals surface area contributed by atoms with Crippen LogP contribution >= 0.6 is 34.8 Å². The van der Waals surface area contributed by atoms with Crippen molar-refractivity contribution in [1.82, 2.24) is 9.29 Å². The first kappa shape index (κ1) is 24.6. The van der Waals surface area contributed by atoms with Gasteiger partial charge in [-0.3, -0.25) is 0 Å². The Hall–Kier alpha value is -2.03. The Labute approximate surface area is 202 Å². The molecular formula is C22H21Cl3N2O4S. The molecule has 1 heterocycles. The second-order valence-electron chi connectivity index (χ2n) is 7.09. The number of ether oxygens (including phenoxy) is 1. The van der Waals surface area contributed by atoms with Crippen LogP contribution in [-0.2, 0) is 21.3 Å². The second kappa shape index (κ2) is 10.3. The predicted molar refractivity (Wildman–Crippen MR) is 129 cm³/mol. The molecule has 0 aliphatic carbocycles. The number of esters is 1. The summed E-state index contributed by atoms with van der Waals surface area (Å²) in [6, 6.07) is 14.1. The monoisotopic (exact) mass is 514 g/mol. The van der Waals surface area contributed by atoms with Crippen LogP contribution in [0.25, 0.3) is 22.4 Å². The number of methoxy groups -OCH3 is 1. The van der Waals surface area contributed by atoms with Crippen LogP contribution in [0.15, 0.2) is 48.5 Å². The maximum absolute atomic E-state index is 12.6. The molecule has 1 aromatic heterocycles. The van der Waals surface area contributed by atoms with Gasteiger partial charge >= 0.3 is 5.97 Å². The SMILES string of the molecule is COC(=O)c1cc(-c2ccc(Cl)cc2Cl)c(-c2ccc(Cl)cc2)n1CCCNS(C)(=O)=O. The van der Waals surface area contributed by atoms with Gasteiger partial charge in [0, 0.05) is 39.3 Å². The summed E-state index contributed by atoms with van der Waals surface area (Å²) >= 11 is 18.6. The van der Waals surface area contributed by atoms with Crippen LogP contribution in [0, 0.1) is 0 Å². The highest BCUT2D eigenvalue weighted by molar-refractivity contribution is 7.88. The van der Waals surface area contributed by atoms with Crippen LogP contribution in [0.1, 0.15) is 16.9 Å². The largest absolute Gasteiger partial charge is 0.464 e. The molecule has 3 aromatic rings. The third kappa shape index (κ3) is 5.85. The molecule has 0 saturated heterocycles. The molecule has 0 aliphatic heterocycles. The number of halogens is 3. The lowest BCUT2D eigenvalue weighted by Crippen LogP contribution is -2.24. The number of carbonyl (C=O) groups excluding carboxylic acids is 1. The Morgan fingerprint density at radius 2 is 1.66 bits per heavy atom. The minimum absolute atomic E-state index is 0.217. The molecule has 0 spiro atoms. The highest BCUT2D eigenvalue weighted by Crippen LogP contribution is 2.40. The predicted octanol–water partition coefficient (Wildman–Crippen LogP) is 5.51. The summed E-state index contributed by atoms with van der Waals surface area (Å²) in [6.07, 6.45) is 1.54. The van der Waals surface area contributed by atoms with E-state index in [2.05, 4.69) is 4.72 Å². The number of hydrogen-bond acceptors (Lipinski definition) is 4. The van der Waals surface area contributed by atoms with E-state index in [0.717, 1.165) is 17.5 Å². The lowest BCUT2D eigenvalue weighted by Gasteiger charge is -2.15. The Kier molecular flexibility index (Phi) is 7.90. The van der Waals surface area contributed by atoms with E-state index in [0.29, 0.717) is 44.9 Å². The summed E-state index contributed by atoms with van der Waals surface area (Å²) < 4.78 is 32.1. The van der Waals surface area contributed by atoms with Crippen molar-refractivity contribution in [2.45, 2.75) is 13.0 Å². The number of benzene rings is 2. The first-order valence-corrected chi connectivity index (χ1v) is 12.6. The van der Waals surface area contributed by atoms with E-state index in [1.54, 1.807) is 41.0 Å². The van der Waals surface area contributed by atoms with E-state index in [9.17, 15) is 13.2 Å². The third-order valence-corrected chi connectivity index (χ3v) is 6.28. The zero-order valence-corrected chi connectivity index (χ0v) is 20.4. The molecule has 0 atom stereocenters. The Morgan fingerprint density at radius 1 is 1.00 bits per heavy atom. The fourth-order valence-corrected chi connectivity index (χ4v) is 4.53. The molecule has 0 radical (unpaired) electrons. The fourth-order valence-electron chi connectivity index (χ4n) is 3.38. The van der Waals surface area contributed by atoms with Gasteiger partial charge in [0.2, 0.25) is 10.0 Å². The minimum Gasteiger partial charge on any atom is -0.464 e. The number of hydrogen-bond donors (Lipinski definition) is 1. The zero-order chi connectivity index (χ0) is 23.5. The van der Waals surface area contributed by atoms with Gasteiger partial charge in [-0.2, -0.15) is 0 Å². The summed E-state index contributed by atoms with van der Waals surface area (Å²) in [7, 11) is -2.01. The van der Waals surface area contributed by atoms with E-state index in [1.165, 1.54) is 7.11 Å². The van der Waals surface area contributed by atoms with E-state index >= 15 is 0 Å². The van der Waals surface area contributed by atoms with Crippen LogP contribution in [0.5, 0.6) is 0 Å². The summed E-state index contributed by atoms with van der Waals surface area (Å²) in [5, 5.41) is 1.50. The van der Waals surface area contributed by atoms with Crippen LogP contribution in [0.4, 0.5) is 0 Å². The van der Waals surface area contributed by atoms with Gasteiger partial charge in [-0.05, 0) is 42.3 Å². The number of carbonyl (C=O) groups is 1. The van der Waals surface area contributed by atoms with Crippen LogP contribution in [0.3, 0.4) is 0 Å². The van der Waals surface area contributed by atoms with Crippen molar-refractivity contribution in [2.24, 2.45) is 0 Å². The fraction of sp³-hybridized carbons (Fsp3) is 0.227. The molecule has 3 rings (SSSR count). The first-order valence-electron chi connectivity index (χ1n) is 9.58. The highest BCUT2D eigenvalue weighted by Gasteiger charge is 2.24. The zero-order valence-electron chi connectivity index (χ0n) is 17.4. The normalized spacial score (nSPS) is 11.5. The quantitative estimate of drug-likeness (QED) is 0.317. The molecule has 0 amide bonds. The summed E-state index contributed by atoms with van der Waals surface area (Å²) in [6.45, 7) is 0.574. The topological polar surface area (TPSA) is 77.4 Å². The maximum Gasteiger partial charge on any atom is 0.354 e. The van der Waals surface area contributed by atoms with Crippen LogP contribution in [-0.4, -0.2) is 38.9 Å². The van der Waals surface area contributed by atoms with Gasteiger partial charge in [0.05, 0.1) is 19.1 Å². The van der Waals surface area contributed by atoms with Gasteiger partial charge in [0.1, 0.15) is 5.69 Å². The van der Waals surface area contributed by atoms with Gasteiger partial charge < -0.3 is 9.30 Å². The highest BCUT2D eigenvalue weighted by atomic mass is 35.5. The molecule has 2 aromatic carbocycles. The van der Waals surface area contributed by atoms with Gasteiger partial charge in [-0.1, -0.05) is 53.0 Å². The van der Waals surface area contributed by atoms with Crippen LogP contribution in [0.2, 0.25) is 15.1 Å². The van der Waals surface area contributed by atoms with Crippen molar-refractivity contribution >= 4 is 50.8 Å². The summed E-state index contributed by atoms with van der Waals surface area (Å²) in [5.41, 5.74) is 3.26. The number of sulfonamides is 1. The van der Waals surface area contributed by atoms with E-state index in [-0.39, 0.29) is 6.54 Å². The van der Waals surface area contributed by atoms with E-state index in [4.69, 9.17) is 39.5 Å². The average molecular weight is 516 g/mol. The number of nitrogens with zero attached hydrogens (tertiary/aromatic N) is 1. The van der Waals surface area contributed by atoms with Crippen molar-refractivity contribution in [3.05, 3.63) is 69.3 Å². The molecule has 0 fully saturated rings. The third-order valence-electron chi connectivity index (χ3n) is 4.75. The Bertz CT molecular complexity index is 1240. The molecule has 0 saturated carbocycles. The smallest absolute Gasteiger partial charge is 0.354 e. The van der Waals surface area contributed by atoms with Crippen molar-refractivity contribution in [3.8, 4) is 22.4 Å². The molecule has 6 nitrogen and oxygen atoms in total. The van der Waals surface area contributed by atoms with Crippen molar-refractivity contribution in [2.75, 3.05) is 19.9 Å².